The minimum Gasteiger partial charge on any atom is -0.406 e. The Kier molecular flexibility index (Phi) is 4.85. The van der Waals surface area contributed by atoms with E-state index in [0.717, 1.165) is 22.7 Å². The summed E-state index contributed by atoms with van der Waals surface area (Å²) < 4.78 is 64.6. The first-order chi connectivity index (χ1) is 10.6. The molecule has 1 aromatic carbocycles. The number of hydrogen-bond acceptors (Lipinski definition) is 4. The molecule has 23 heavy (non-hydrogen) atoms. The van der Waals surface area contributed by atoms with Crippen molar-refractivity contribution in [2.24, 2.45) is 0 Å². The largest absolute Gasteiger partial charge is 0.573 e. The Morgan fingerprint density at radius 1 is 1.39 bits per heavy atom. The smallest absolute Gasteiger partial charge is 0.406 e. The average molecular weight is 352 g/mol. The lowest BCUT2D eigenvalue weighted by atomic mass is 10.2. The highest BCUT2D eigenvalue weighted by molar-refractivity contribution is 7.88. The molecule has 10 heteroatoms. The van der Waals surface area contributed by atoms with E-state index in [4.69, 9.17) is 0 Å². The third kappa shape index (κ3) is 4.83. The molecule has 0 bridgehead atoms. The Morgan fingerprint density at radius 2 is 2.09 bits per heavy atom. The molecule has 1 atom stereocenters. The summed E-state index contributed by atoms with van der Waals surface area (Å²) in [7, 11) is -3.52. The van der Waals surface area contributed by atoms with E-state index in [0.29, 0.717) is 12.8 Å². The van der Waals surface area contributed by atoms with E-state index >= 15 is 0 Å². The van der Waals surface area contributed by atoms with Gasteiger partial charge in [0.1, 0.15) is 11.8 Å². The number of amides is 1. The second-order valence-electron chi connectivity index (χ2n) is 5.10. The van der Waals surface area contributed by atoms with Gasteiger partial charge >= 0.3 is 6.36 Å². The molecule has 0 aliphatic carbocycles. The van der Waals surface area contributed by atoms with E-state index in [-0.39, 0.29) is 12.2 Å². The van der Waals surface area contributed by atoms with Crippen LogP contribution in [0.1, 0.15) is 12.8 Å². The molecule has 2 rings (SSSR count). The van der Waals surface area contributed by atoms with Crippen molar-refractivity contribution >= 4 is 21.6 Å². The van der Waals surface area contributed by atoms with Crippen LogP contribution in [0.2, 0.25) is 0 Å². The van der Waals surface area contributed by atoms with Crippen LogP contribution in [0.4, 0.5) is 18.9 Å². The minimum atomic E-state index is -4.83. The Hall–Kier alpha value is -1.81. The summed E-state index contributed by atoms with van der Waals surface area (Å²) >= 11 is 0. The topological polar surface area (TPSA) is 75.7 Å². The molecular formula is C13H15F3N2O4S. The maximum absolute atomic E-state index is 12.2. The molecule has 6 nitrogen and oxygen atoms in total. The predicted octanol–water partition coefficient (Wildman–Crippen LogP) is 1.95. The number of benzene rings is 1. The molecule has 1 heterocycles. The van der Waals surface area contributed by atoms with Crippen LogP contribution in [0.3, 0.4) is 0 Å². The van der Waals surface area contributed by atoms with Crippen molar-refractivity contribution in [3.05, 3.63) is 24.3 Å². The molecule has 1 aliphatic heterocycles. The molecule has 128 valence electrons. The van der Waals surface area contributed by atoms with E-state index in [1.54, 1.807) is 0 Å². The number of alkyl halides is 3. The molecule has 0 radical (unpaired) electrons. The van der Waals surface area contributed by atoms with Crippen molar-refractivity contribution in [1.82, 2.24) is 4.31 Å². The summed E-state index contributed by atoms with van der Waals surface area (Å²) in [6.45, 7) is 0.244. The predicted molar refractivity (Wildman–Crippen MR) is 76.3 cm³/mol. The first-order valence-electron chi connectivity index (χ1n) is 6.70. The number of rotatable bonds is 4. The van der Waals surface area contributed by atoms with Crippen LogP contribution < -0.4 is 10.1 Å². The summed E-state index contributed by atoms with van der Waals surface area (Å²) in [6.07, 6.45) is -2.92. The molecule has 0 spiro atoms. The SMILES string of the molecule is CS(=O)(=O)N1CCCC1C(=O)Nc1cccc(OC(F)(F)F)c1. The summed E-state index contributed by atoms with van der Waals surface area (Å²) in [5.41, 5.74) is 0.0945. The number of nitrogens with one attached hydrogen (secondary N) is 1. The van der Waals surface area contributed by atoms with Crippen LogP contribution in [0.15, 0.2) is 24.3 Å². The maximum atomic E-state index is 12.2. The highest BCUT2D eigenvalue weighted by atomic mass is 32.2. The van der Waals surface area contributed by atoms with Gasteiger partial charge in [0, 0.05) is 18.3 Å². The number of anilines is 1. The lowest BCUT2D eigenvalue weighted by molar-refractivity contribution is -0.274. The molecule has 1 saturated heterocycles. The molecule has 1 fully saturated rings. The number of sulfonamides is 1. The number of ether oxygens (including phenoxy) is 1. The zero-order valence-electron chi connectivity index (χ0n) is 12.1. The fraction of sp³-hybridized carbons (Fsp3) is 0.462. The maximum Gasteiger partial charge on any atom is 0.573 e. The van der Waals surface area contributed by atoms with E-state index in [2.05, 4.69) is 10.1 Å². The second-order valence-corrected chi connectivity index (χ2v) is 7.03. The van der Waals surface area contributed by atoms with Gasteiger partial charge in [-0.25, -0.2) is 8.42 Å². The van der Waals surface area contributed by atoms with Crippen LogP contribution in [-0.4, -0.2) is 43.8 Å². The summed E-state index contributed by atoms with van der Waals surface area (Å²) in [5.74, 6) is -1.06. The van der Waals surface area contributed by atoms with Crippen molar-refractivity contribution < 1.29 is 31.1 Å². The van der Waals surface area contributed by atoms with E-state index in [9.17, 15) is 26.4 Å². The Labute approximate surface area is 131 Å². The van der Waals surface area contributed by atoms with Crippen molar-refractivity contribution in [3.63, 3.8) is 0 Å². The zero-order valence-corrected chi connectivity index (χ0v) is 12.9. The Bertz CT molecular complexity index is 691. The van der Waals surface area contributed by atoms with Gasteiger partial charge in [-0.15, -0.1) is 13.2 Å². The van der Waals surface area contributed by atoms with Crippen LogP contribution in [-0.2, 0) is 14.8 Å². The third-order valence-corrected chi connectivity index (χ3v) is 4.56. The number of carbonyl (C=O) groups is 1. The van der Waals surface area contributed by atoms with Gasteiger partial charge < -0.3 is 10.1 Å². The molecule has 1 amide bonds. The Balaban J connectivity index is 2.10. The van der Waals surface area contributed by atoms with Crippen molar-refractivity contribution in [1.29, 1.82) is 0 Å². The first kappa shape index (κ1) is 17.5. The van der Waals surface area contributed by atoms with E-state index in [1.807, 2.05) is 0 Å². The van der Waals surface area contributed by atoms with Gasteiger partial charge in [0.2, 0.25) is 15.9 Å². The highest BCUT2D eigenvalue weighted by Crippen LogP contribution is 2.26. The van der Waals surface area contributed by atoms with Gasteiger partial charge in [0.25, 0.3) is 0 Å². The van der Waals surface area contributed by atoms with Crippen molar-refractivity contribution in [2.45, 2.75) is 25.2 Å². The molecule has 0 aromatic heterocycles. The molecule has 1 unspecified atom stereocenters. The number of halogens is 3. The second kappa shape index (κ2) is 6.36. The number of carbonyl (C=O) groups excluding carboxylic acids is 1. The van der Waals surface area contributed by atoms with Crippen LogP contribution >= 0.6 is 0 Å². The highest BCUT2D eigenvalue weighted by Gasteiger charge is 2.36. The van der Waals surface area contributed by atoms with Gasteiger partial charge in [-0.05, 0) is 25.0 Å². The number of hydrogen-bond donors (Lipinski definition) is 1. The molecule has 1 aromatic rings. The first-order valence-corrected chi connectivity index (χ1v) is 8.54. The molecule has 1 aliphatic rings. The molecule has 0 saturated carbocycles. The monoisotopic (exact) mass is 352 g/mol. The average Bonchev–Trinajstić information content (AvgIpc) is 2.85. The number of nitrogens with zero attached hydrogens (tertiary/aromatic N) is 1. The van der Waals surface area contributed by atoms with Gasteiger partial charge in [-0.1, -0.05) is 6.07 Å². The van der Waals surface area contributed by atoms with E-state index < -0.39 is 34.1 Å². The van der Waals surface area contributed by atoms with Gasteiger partial charge in [-0.2, -0.15) is 4.31 Å². The lowest BCUT2D eigenvalue weighted by Gasteiger charge is -2.21. The van der Waals surface area contributed by atoms with Gasteiger partial charge in [0.15, 0.2) is 0 Å². The zero-order chi connectivity index (χ0) is 17.3. The fourth-order valence-corrected chi connectivity index (χ4v) is 3.52. The third-order valence-electron chi connectivity index (χ3n) is 3.27. The van der Waals surface area contributed by atoms with Crippen LogP contribution in [0.25, 0.3) is 0 Å². The summed E-state index contributed by atoms with van der Waals surface area (Å²) in [6, 6.07) is 3.94. The quantitative estimate of drug-likeness (QED) is 0.899. The molecule has 1 N–H and O–H groups in total. The van der Waals surface area contributed by atoms with Crippen molar-refractivity contribution in [3.8, 4) is 5.75 Å². The van der Waals surface area contributed by atoms with Gasteiger partial charge in [0.05, 0.1) is 6.26 Å². The van der Waals surface area contributed by atoms with Crippen LogP contribution in [0, 0.1) is 0 Å². The molecular weight excluding hydrogens is 337 g/mol. The van der Waals surface area contributed by atoms with Gasteiger partial charge in [-0.3, -0.25) is 4.79 Å². The lowest BCUT2D eigenvalue weighted by Crippen LogP contribution is -2.42. The fourth-order valence-electron chi connectivity index (χ4n) is 2.40. The standard InChI is InChI=1S/C13H15F3N2O4S/c1-23(20,21)18-7-3-6-11(18)12(19)17-9-4-2-5-10(8-9)22-13(14,15)16/h2,4-5,8,11H,3,6-7H2,1H3,(H,17,19). The minimum absolute atomic E-state index is 0.0945. The van der Waals surface area contributed by atoms with E-state index in [1.165, 1.54) is 12.1 Å². The Morgan fingerprint density at radius 3 is 2.70 bits per heavy atom. The summed E-state index contributed by atoms with van der Waals surface area (Å²) in [5, 5.41) is 2.42. The normalized spacial score (nSPS) is 19.6. The summed E-state index contributed by atoms with van der Waals surface area (Å²) in [4.78, 5) is 12.2. The van der Waals surface area contributed by atoms with Crippen molar-refractivity contribution in [2.75, 3.05) is 18.1 Å². The van der Waals surface area contributed by atoms with Crippen LogP contribution in [0.5, 0.6) is 5.75 Å².